The van der Waals surface area contributed by atoms with Crippen molar-refractivity contribution in [3.05, 3.63) is 46.7 Å². The molecule has 2 aliphatic heterocycles. The molecule has 2 heterocycles. The number of nitrogens with zero attached hydrogens (tertiary/aromatic N) is 3. The van der Waals surface area contributed by atoms with E-state index in [1.54, 1.807) is 14.0 Å². The molecule has 2 fully saturated rings. The van der Waals surface area contributed by atoms with Crippen molar-refractivity contribution in [2.24, 2.45) is 5.92 Å². The molecular weight excluding hydrogens is 432 g/mol. The molecule has 1 aliphatic carbocycles. The summed E-state index contributed by atoms with van der Waals surface area (Å²) in [6.07, 6.45) is 4.04. The molecule has 0 aromatic heterocycles. The van der Waals surface area contributed by atoms with Gasteiger partial charge in [-0.05, 0) is 38.7 Å². The molecule has 1 aromatic rings. The number of ether oxygens (including phenoxy) is 1. The van der Waals surface area contributed by atoms with Crippen molar-refractivity contribution < 1.29 is 19.1 Å². The lowest BCUT2D eigenvalue weighted by atomic mass is 9.84. The smallest absolute Gasteiger partial charge is 0.338 e. The fraction of sp³-hybridized carbons (Fsp3) is 0.577. The van der Waals surface area contributed by atoms with Crippen molar-refractivity contribution in [3.63, 3.8) is 0 Å². The van der Waals surface area contributed by atoms with Crippen molar-refractivity contribution in [2.45, 2.75) is 45.6 Å². The van der Waals surface area contributed by atoms with Gasteiger partial charge in [0.1, 0.15) is 0 Å². The standard InChI is InChI=1S/C26H36N4O4/c1-4-34-25(32)22-21(28(3)26(33)27-23(22)20-11-5-8-18(2)16-20)17-29-12-7-13-30(15-14-29)24(31)19-9-6-10-19/h5,8,11,16,19,23H,4,6-7,9-10,12-15,17H2,1-3H3,(H,27,33). The number of hydrogen-bond acceptors (Lipinski definition) is 5. The maximum absolute atomic E-state index is 13.2. The van der Waals surface area contributed by atoms with Gasteiger partial charge in [0.2, 0.25) is 5.91 Å². The van der Waals surface area contributed by atoms with Crippen molar-refractivity contribution in [2.75, 3.05) is 46.4 Å². The highest BCUT2D eigenvalue weighted by molar-refractivity contribution is 5.95. The average Bonchev–Trinajstić information content (AvgIpc) is 3.01. The molecule has 1 saturated heterocycles. The van der Waals surface area contributed by atoms with E-state index in [0.29, 0.717) is 30.9 Å². The zero-order valence-corrected chi connectivity index (χ0v) is 20.5. The second kappa shape index (κ2) is 10.6. The molecular formula is C26H36N4O4. The highest BCUT2D eigenvalue weighted by Crippen LogP contribution is 2.32. The number of nitrogens with one attached hydrogen (secondary N) is 1. The summed E-state index contributed by atoms with van der Waals surface area (Å²) in [7, 11) is 1.70. The monoisotopic (exact) mass is 468 g/mol. The molecule has 4 rings (SSSR count). The maximum atomic E-state index is 13.2. The summed E-state index contributed by atoms with van der Waals surface area (Å²) in [5, 5.41) is 2.98. The Hall–Kier alpha value is -2.87. The number of carbonyl (C=O) groups is 3. The first-order chi connectivity index (χ1) is 16.4. The molecule has 1 saturated carbocycles. The lowest BCUT2D eigenvalue weighted by Crippen LogP contribution is -2.49. The van der Waals surface area contributed by atoms with Crippen LogP contribution < -0.4 is 5.32 Å². The van der Waals surface area contributed by atoms with Crippen molar-refractivity contribution >= 4 is 17.9 Å². The third kappa shape index (κ3) is 5.12. The van der Waals surface area contributed by atoms with Crippen LogP contribution >= 0.6 is 0 Å². The topological polar surface area (TPSA) is 82.2 Å². The van der Waals surface area contributed by atoms with Crippen LogP contribution in [0.15, 0.2) is 35.5 Å². The number of aryl methyl sites for hydroxylation is 1. The van der Waals surface area contributed by atoms with Crippen LogP contribution in [0, 0.1) is 12.8 Å². The first-order valence-electron chi connectivity index (χ1n) is 12.4. The zero-order chi connectivity index (χ0) is 24.2. The van der Waals surface area contributed by atoms with Crippen molar-refractivity contribution in [3.8, 4) is 0 Å². The number of rotatable bonds is 6. The summed E-state index contributed by atoms with van der Waals surface area (Å²) in [6, 6.07) is 7.02. The Morgan fingerprint density at radius 1 is 1.12 bits per heavy atom. The van der Waals surface area contributed by atoms with Crippen LogP contribution in [0.3, 0.4) is 0 Å². The van der Waals surface area contributed by atoms with Gasteiger partial charge in [-0.3, -0.25) is 14.6 Å². The van der Waals surface area contributed by atoms with Crippen molar-refractivity contribution in [1.82, 2.24) is 20.0 Å². The number of hydrogen-bond donors (Lipinski definition) is 1. The van der Waals surface area contributed by atoms with E-state index >= 15 is 0 Å². The quantitative estimate of drug-likeness (QED) is 0.650. The molecule has 3 aliphatic rings. The van der Waals surface area contributed by atoms with Crippen LogP contribution in [0.2, 0.25) is 0 Å². The average molecular weight is 469 g/mol. The molecule has 3 amide bonds. The van der Waals surface area contributed by atoms with Gasteiger partial charge in [0.25, 0.3) is 0 Å². The van der Waals surface area contributed by atoms with Gasteiger partial charge in [0, 0.05) is 51.4 Å². The van der Waals surface area contributed by atoms with Gasteiger partial charge in [-0.15, -0.1) is 0 Å². The van der Waals surface area contributed by atoms with E-state index in [4.69, 9.17) is 4.74 Å². The van der Waals surface area contributed by atoms with Gasteiger partial charge in [0.15, 0.2) is 0 Å². The summed E-state index contributed by atoms with van der Waals surface area (Å²) >= 11 is 0. The SMILES string of the molecule is CCOC(=O)C1=C(CN2CCCN(C(=O)C3CCC3)CC2)N(C)C(=O)NC1c1cccc(C)c1. The van der Waals surface area contributed by atoms with E-state index < -0.39 is 12.0 Å². The molecule has 1 atom stereocenters. The fourth-order valence-electron chi connectivity index (χ4n) is 4.97. The summed E-state index contributed by atoms with van der Waals surface area (Å²) in [6.45, 7) is 7.44. The predicted molar refractivity (Wildman–Crippen MR) is 129 cm³/mol. The minimum atomic E-state index is -0.568. The van der Waals surface area contributed by atoms with Crippen LogP contribution in [0.1, 0.15) is 49.8 Å². The Morgan fingerprint density at radius 2 is 1.91 bits per heavy atom. The molecule has 34 heavy (non-hydrogen) atoms. The number of benzene rings is 1. The van der Waals surface area contributed by atoms with Gasteiger partial charge < -0.3 is 15.0 Å². The van der Waals surface area contributed by atoms with Crippen molar-refractivity contribution in [1.29, 1.82) is 0 Å². The molecule has 184 valence electrons. The highest BCUT2D eigenvalue weighted by Gasteiger charge is 2.38. The predicted octanol–water partition coefficient (Wildman–Crippen LogP) is 2.84. The number of likely N-dealkylation sites (N-methyl/N-ethyl adjacent to an activating group) is 1. The molecule has 1 N–H and O–H groups in total. The third-order valence-corrected chi connectivity index (χ3v) is 7.18. The van der Waals surface area contributed by atoms with E-state index in [9.17, 15) is 14.4 Å². The molecule has 8 nitrogen and oxygen atoms in total. The molecule has 1 unspecified atom stereocenters. The number of carbonyl (C=O) groups excluding carboxylic acids is 3. The Labute approximate surface area is 201 Å². The van der Waals surface area contributed by atoms with Gasteiger partial charge in [-0.1, -0.05) is 36.2 Å². The zero-order valence-electron chi connectivity index (χ0n) is 20.5. The Morgan fingerprint density at radius 3 is 2.59 bits per heavy atom. The highest BCUT2D eigenvalue weighted by atomic mass is 16.5. The lowest BCUT2D eigenvalue weighted by molar-refractivity contribution is -0.139. The van der Waals surface area contributed by atoms with E-state index in [1.807, 2.05) is 36.1 Å². The molecule has 0 radical (unpaired) electrons. The van der Waals surface area contributed by atoms with Crippen LogP contribution in [-0.2, 0) is 14.3 Å². The number of amides is 3. The van der Waals surface area contributed by atoms with Gasteiger partial charge in [-0.2, -0.15) is 0 Å². The number of urea groups is 1. The Kier molecular flexibility index (Phi) is 7.56. The van der Waals surface area contributed by atoms with Crippen LogP contribution in [0.5, 0.6) is 0 Å². The summed E-state index contributed by atoms with van der Waals surface area (Å²) in [4.78, 5) is 44.6. The molecule has 0 spiro atoms. The summed E-state index contributed by atoms with van der Waals surface area (Å²) in [5.41, 5.74) is 3.04. The first kappa shape index (κ1) is 24.3. The second-order valence-electron chi connectivity index (χ2n) is 9.52. The molecule has 8 heteroatoms. The van der Waals surface area contributed by atoms with Crippen LogP contribution in [0.25, 0.3) is 0 Å². The Bertz CT molecular complexity index is 971. The third-order valence-electron chi connectivity index (χ3n) is 7.18. The first-order valence-corrected chi connectivity index (χ1v) is 12.4. The van der Waals surface area contributed by atoms with Gasteiger partial charge >= 0.3 is 12.0 Å². The van der Waals surface area contributed by atoms with E-state index in [2.05, 4.69) is 10.2 Å². The second-order valence-corrected chi connectivity index (χ2v) is 9.52. The summed E-state index contributed by atoms with van der Waals surface area (Å²) in [5.74, 6) is 0.0774. The maximum Gasteiger partial charge on any atom is 0.338 e. The molecule has 0 bridgehead atoms. The minimum absolute atomic E-state index is 0.202. The van der Waals surface area contributed by atoms with E-state index in [-0.39, 0.29) is 24.5 Å². The minimum Gasteiger partial charge on any atom is -0.463 e. The van der Waals surface area contributed by atoms with E-state index in [0.717, 1.165) is 49.9 Å². The van der Waals surface area contributed by atoms with Crippen LogP contribution in [-0.4, -0.2) is 79.0 Å². The summed E-state index contributed by atoms with van der Waals surface area (Å²) < 4.78 is 5.44. The van der Waals surface area contributed by atoms with E-state index in [1.165, 1.54) is 4.90 Å². The number of esters is 1. The van der Waals surface area contributed by atoms with Crippen LogP contribution in [0.4, 0.5) is 4.79 Å². The Balaban J connectivity index is 1.60. The van der Waals surface area contributed by atoms with Gasteiger partial charge in [0.05, 0.1) is 18.2 Å². The largest absolute Gasteiger partial charge is 0.463 e. The normalized spacial score (nSPS) is 22.2. The fourth-order valence-corrected chi connectivity index (χ4v) is 4.97. The molecule has 1 aromatic carbocycles. The van der Waals surface area contributed by atoms with Gasteiger partial charge in [-0.25, -0.2) is 9.59 Å². The lowest BCUT2D eigenvalue weighted by Gasteiger charge is -2.36.